The lowest BCUT2D eigenvalue weighted by Gasteiger charge is -2.10. The van der Waals surface area contributed by atoms with E-state index in [9.17, 15) is 9.90 Å². The molecule has 0 aliphatic rings. The van der Waals surface area contributed by atoms with Crippen molar-refractivity contribution in [3.8, 4) is 0 Å². The number of aliphatic hydroxyl groups excluding tert-OH is 2. The lowest BCUT2D eigenvalue weighted by atomic mass is 10.1. The second-order valence-electron chi connectivity index (χ2n) is 3.54. The Balaban J connectivity index is 2.30. The standard InChI is InChI=1S/C12H17NO3/c14-9-8-13-12(16)7-6-11(15)10-4-2-1-3-5-10/h1-5,11,14-15H,6-9H2,(H,13,16). The number of aliphatic hydroxyl groups is 2. The van der Waals surface area contributed by atoms with E-state index < -0.39 is 6.10 Å². The molecule has 3 N–H and O–H groups in total. The lowest BCUT2D eigenvalue weighted by molar-refractivity contribution is -0.121. The fourth-order valence-electron chi connectivity index (χ4n) is 1.39. The van der Waals surface area contributed by atoms with Crippen LogP contribution in [0.5, 0.6) is 0 Å². The molecule has 1 rings (SSSR count). The molecule has 1 atom stereocenters. The quantitative estimate of drug-likeness (QED) is 0.661. The van der Waals surface area contributed by atoms with E-state index in [4.69, 9.17) is 5.11 Å². The summed E-state index contributed by atoms with van der Waals surface area (Å²) in [6, 6.07) is 9.24. The summed E-state index contributed by atoms with van der Waals surface area (Å²) in [6.07, 6.45) is 0.0400. The summed E-state index contributed by atoms with van der Waals surface area (Å²) < 4.78 is 0. The molecule has 1 unspecified atom stereocenters. The second-order valence-corrected chi connectivity index (χ2v) is 3.54. The Hall–Kier alpha value is -1.39. The molecule has 1 amide bonds. The Labute approximate surface area is 94.9 Å². The third-order valence-electron chi connectivity index (χ3n) is 2.26. The van der Waals surface area contributed by atoms with Gasteiger partial charge in [0, 0.05) is 13.0 Å². The van der Waals surface area contributed by atoms with Gasteiger partial charge in [0.1, 0.15) is 0 Å². The van der Waals surface area contributed by atoms with Crippen LogP contribution in [0.15, 0.2) is 30.3 Å². The molecule has 0 aliphatic carbocycles. The van der Waals surface area contributed by atoms with Gasteiger partial charge < -0.3 is 15.5 Å². The molecule has 4 nitrogen and oxygen atoms in total. The first-order chi connectivity index (χ1) is 7.74. The van der Waals surface area contributed by atoms with Crippen molar-refractivity contribution in [1.29, 1.82) is 0 Å². The van der Waals surface area contributed by atoms with Gasteiger partial charge in [-0.2, -0.15) is 0 Å². The zero-order valence-corrected chi connectivity index (χ0v) is 9.10. The highest BCUT2D eigenvalue weighted by molar-refractivity contribution is 5.75. The van der Waals surface area contributed by atoms with Crippen LogP contribution in [0.25, 0.3) is 0 Å². The average molecular weight is 223 g/mol. The summed E-state index contributed by atoms with van der Waals surface area (Å²) in [5, 5.41) is 20.8. The average Bonchev–Trinajstić information content (AvgIpc) is 2.34. The number of carbonyl (C=O) groups excluding carboxylic acids is 1. The molecule has 16 heavy (non-hydrogen) atoms. The van der Waals surface area contributed by atoms with Crippen molar-refractivity contribution >= 4 is 5.91 Å². The van der Waals surface area contributed by atoms with Crippen molar-refractivity contribution in [3.05, 3.63) is 35.9 Å². The molecule has 0 saturated carbocycles. The number of hydrogen-bond acceptors (Lipinski definition) is 3. The molecule has 0 spiro atoms. The van der Waals surface area contributed by atoms with Gasteiger partial charge in [0.05, 0.1) is 12.7 Å². The molecule has 1 aromatic carbocycles. The van der Waals surface area contributed by atoms with Gasteiger partial charge in [-0.15, -0.1) is 0 Å². The molecular formula is C12H17NO3. The maximum atomic E-state index is 11.2. The highest BCUT2D eigenvalue weighted by atomic mass is 16.3. The molecule has 88 valence electrons. The summed E-state index contributed by atoms with van der Waals surface area (Å²) in [5.74, 6) is -0.149. The molecule has 0 heterocycles. The van der Waals surface area contributed by atoms with E-state index in [2.05, 4.69) is 5.32 Å². The largest absolute Gasteiger partial charge is 0.395 e. The van der Waals surface area contributed by atoms with Gasteiger partial charge in [0.15, 0.2) is 0 Å². The summed E-state index contributed by atoms with van der Waals surface area (Å²) in [7, 11) is 0. The number of nitrogens with one attached hydrogen (secondary N) is 1. The van der Waals surface area contributed by atoms with E-state index in [0.29, 0.717) is 6.42 Å². The van der Waals surface area contributed by atoms with Gasteiger partial charge >= 0.3 is 0 Å². The fraction of sp³-hybridized carbons (Fsp3) is 0.417. The van der Waals surface area contributed by atoms with Crippen LogP contribution in [0.4, 0.5) is 0 Å². The predicted molar refractivity (Wildman–Crippen MR) is 60.7 cm³/mol. The Kier molecular flexibility index (Phi) is 5.53. The lowest BCUT2D eigenvalue weighted by Crippen LogP contribution is -2.26. The third kappa shape index (κ3) is 4.42. The minimum Gasteiger partial charge on any atom is -0.395 e. The van der Waals surface area contributed by atoms with Crippen LogP contribution in [0.1, 0.15) is 24.5 Å². The Bertz CT molecular complexity index is 313. The topological polar surface area (TPSA) is 69.6 Å². The first-order valence-electron chi connectivity index (χ1n) is 5.34. The zero-order chi connectivity index (χ0) is 11.8. The number of carbonyl (C=O) groups is 1. The zero-order valence-electron chi connectivity index (χ0n) is 9.10. The van der Waals surface area contributed by atoms with E-state index in [1.807, 2.05) is 30.3 Å². The number of amides is 1. The smallest absolute Gasteiger partial charge is 0.220 e. The summed E-state index contributed by atoms with van der Waals surface area (Å²) >= 11 is 0. The number of hydrogen-bond donors (Lipinski definition) is 3. The molecule has 0 aliphatic heterocycles. The maximum absolute atomic E-state index is 11.2. The van der Waals surface area contributed by atoms with Gasteiger partial charge in [-0.3, -0.25) is 4.79 Å². The Morgan fingerprint density at radius 1 is 1.31 bits per heavy atom. The molecule has 0 saturated heterocycles. The minimum atomic E-state index is -0.610. The molecule has 4 heteroatoms. The van der Waals surface area contributed by atoms with Crippen molar-refractivity contribution in [2.24, 2.45) is 0 Å². The molecule has 1 aromatic rings. The van der Waals surface area contributed by atoms with Crippen LogP contribution in [-0.4, -0.2) is 29.3 Å². The normalized spacial score (nSPS) is 12.1. The third-order valence-corrected chi connectivity index (χ3v) is 2.26. The van der Waals surface area contributed by atoms with E-state index in [-0.39, 0.29) is 25.5 Å². The highest BCUT2D eigenvalue weighted by Crippen LogP contribution is 2.17. The highest BCUT2D eigenvalue weighted by Gasteiger charge is 2.09. The van der Waals surface area contributed by atoms with Crippen molar-refractivity contribution in [1.82, 2.24) is 5.32 Å². The van der Waals surface area contributed by atoms with E-state index >= 15 is 0 Å². The molecule has 0 fully saturated rings. The van der Waals surface area contributed by atoms with Crippen LogP contribution >= 0.6 is 0 Å². The van der Waals surface area contributed by atoms with Gasteiger partial charge in [-0.25, -0.2) is 0 Å². The number of benzene rings is 1. The van der Waals surface area contributed by atoms with Gasteiger partial charge in [0.25, 0.3) is 0 Å². The van der Waals surface area contributed by atoms with E-state index in [1.54, 1.807) is 0 Å². The van der Waals surface area contributed by atoms with Crippen molar-refractivity contribution in [2.75, 3.05) is 13.2 Å². The monoisotopic (exact) mass is 223 g/mol. The Morgan fingerprint density at radius 3 is 2.62 bits per heavy atom. The summed E-state index contributed by atoms with van der Waals surface area (Å²) in [6.45, 7) is 0.202. The first kappa shape index (κ1) is 12.7. The van der Waals surface area contributed by atoms with Crippen LogP contribution in [0.2, 0.25) is 0 Å². The second kappa shape index (κ2) is 6.98. The molecule has 0 aromatic heterocycles. The summed E-state index contributed by atoms with van der Waals surface area (Å²) in [5.41, 5.74) is 0.817. The van der Waals surface area contributed by atoms with Crippen molar-refractivity contribution in [2.45, 2.75) is 18.9 Å². The van der Waals surface area contributed by atoms with Crippen LogP contribution in [0, 0.1) is 0 Å². The SMILES string of the molecule is O=C(CCC(O)c1ccccc1)NCCO. The van der Waals surface area contributed by atoms with Gasteiger partial charge in [-0.1, -0.05) is 30.3 Å². The molecule has 0 radical (unpaired) electrons. The number of rotatable bonds is 6. The van der Waals surface area contributed by atoms with Crippen molar-refractivity contribution in [3.63, 3.8) is 0 Å². The van der Waals surface area contributed by atoms with E-state index in [1.165, 1.54) is 0 Å². The van der Waals surface area contributed by atoms with Gasteiger partial charge in [0.2, 0.25) is 5.91 Å². The Morgan fingerprint density at radius 2 is 2.00 bits per heavy atom. The van der Waals surface area contributed by atoms with Crippen LogP contribution in [-0.2, 0) is 4.79 Å². The minimum absolute atomic E-state index is 0.0625. The fourth-order valence-corrected chi connectivity index (χ4v) is 1.39. The molecular weight excluding hydrogens is 206 g/mol. The first-order valence-corrected chi connectivity index (χ1v) is 5.34. The maximum Gasteiger partial charge on any atom is 0.220 e. The van der Waals surface area contributed by atoms with Gasteiger partial charge in [-0.05, 0) is 12.0 Å². The molecule has 0 bridgehead atoms. The van der Waals surface area contributed by atoms with Crippen LogP contribution < -0.4 is 5.32 Å². The van der Waals surface area contributed by atoms with E-state index in [0.717, 1.165) is 5.56 Å². The van der Waals surface area contributed by atoms with Crippen LogP contribution in [0.3, 0.4) is 0 Å². The summed E-state index contributed by atoms with van der Waals surface area (Å²) in [4.78, 5) is 11.2. The predicted octanol–water partition coefficient (Wildman–Crippen LogP) is 0.609. The van der Waals surface area contributed by atoms with Crippen molar-refractivity contribution < 1.29 is 15.0 Å².